The van der Waals surface area contributed by atoms with Gasteiger partial charge in [0.1, 0.15) is 5.75 Å². The summed E-state index contributed by atoms with van der Waals surface area (Å²) >= 11 is 0. The van der Waals surface area contributed by atoms with Crippen molar-refractivity contribution in [2.75, 3.05) is 13.2 Å². The quantitative estimate of drug-likeness (QED) is 0.797. The lowest BCUT2D eigenvalue weighted by Crippen LogP contribution is -2.27. The van der Waals surface area contributed by atoms with Crippen LogP contribution in [-0.4, -0.2) is 19.2 Å². The van der Waals surface area contributed by atoms with Gasteiger partial charge in [0.05, 0.1) is 6.61 Å². The second-order valence-electron chi connectivity index (χ2n) is 4.42. The first-order valence-corrected chi connectivity index (χ1v) is 6.06. The van der Waals surface area contributed by atoms with Crippen molar-refractivity contribution < 1.29 is 4.74 Å². The van der Waals surface area contributed by atoms with E-state index in [2.05, 4.69) is 51.2 Å². The van der Waals surface area contributed by atoms with Gasteiger partial charge in [0, 0.05) is 6.04 Å². The van der Waals surface area contributed by atoms with Crippen molar-refractivity contribution in [1.29, 1.82) is 0 Å². The third kappa shape index (κ3) is 4.67. The van der Waals surface area contributed by atoms with E-state index >= 15 is 0 Å². The highest BCUT2D eigenvalue weighted by Gasteiger charge is 2.01. The Balaban J connectivity index is 2.37. The van der Waals surface area contributed by atoms with Gasteiger partial charge in [-0.1, -0.05) is 13.0 Å². The molecule has 0 fully saturated rings. The molecule has 0 bridgehead atoms. The zero-order valence-electron chi connectivity index (χ0n) is 10.8. The molecule has 1 aromatic rings. The third-order valence-electron chi connectivity index (χ3n) is 2.57. The smallest absolute Gasteiger partial charge is 0.119 e. The van der Waals surface area contributed by atoms with Crippen molar-refractivity contribution in [2.45, 2.75) is 40.2 Å². The minimum Gasteiger partial charge on any atom is -0.494 e. The molecule has 90 valence electrons. The maximum atomic E-state index is 5.74. The normalized spacial score (nSPS) is 12.5. The molecule has 0 saturated carbocycles. The molecular formula is C14H23NO. The van der Waals surface area contributed by atoms with Crippen molar-refractivity contribution in [2.24, 2.45) is 0 Å². The number of hydrogen-bond donors (Lipinski definition) is 1. The second kappa shape index (κ2) is 6.54. The van der Waals surface area contributed by atoms with Crippen molar-refractivity contribution in [3.8, 4) is 5.75 Å². The van der Waals surface area contributed by atoms with Crippen LogP contribution in [0.3, 0.4) is 0 Å². The van der Waals surface area contributed by atoms with E-state index in [9.17, 15) is 0 Å². The van der Waals surface area contributed by atoms with Crippen LogP contribution in [0.25, 0.3) is 0 Å². The average molecular weight is 221 g/mol. The number of benzene rings is 1. The van der Waals surface area contributed by atoms with Gasteiger partial charge in [-0.05, 0) is 57.0 Å². The molecule has 0 aromatic heterocycles. The van der Waals surface area contributed by atoms with E-state index < -0.39 is 0 Å². The minimum atomic E-state index is 0.524. The molecule has 0 aliphatic carbocycles. The number of ether oxygens (including phenoxy) is 1. The van der Waals surface area contributed by atoms with E-state index in [-0.39, 0.29) is 0 Å². The maximum Gasteiger partial charge on any atom is 0.119 e. The first-order valence-electron chi connectivity index (χ1n) is 6.06. The van der Waals surface area contributed by atoms with E-state index in [1.807, 2.05) is 0 Å². The molecule has 1 atom stereocenters. The summed E-state index contributed by atoms with van der Waals surface area (Å²) in [7, 11) is 0. The Bertz CT molecular complexity index is 302. The molecule has 1 aromatic carbocycles. The molecular weight excluding hydrogens is 198 g/mol. The fraction of sp³-hybridized carbons (Fsp3) is 0.571. The molecule has 0 spiro atoms. The lowest BCUT2D eigenvalue weighted by atomic mass is 10.1. The van der Waals surface area contributed by atoms with Crippen LogP contribution in [-0.2, 0) is 0 Å². The molecule has 1 N–H and O–H groups in total. The van der Waals surface area contributed by atoms with Gasteiger partial charge in [-0.2, -0.15) is 0 Å². The van der Waals surface area contributed by atoms with Crippen molar-refractivity contribution in [3.05, 3.63) is 29.3 Å². The number of nitrogens with one attached hydrogen (secondary N) is 1. The first kappa shape index (κ1) is 13.0. The summed E-state index contributed by atoms with van der Waals surface area (Å²) in [5, 5.41) is 3.37. The zero-order valence-corrected chi connectivity index (χ0v) is 10.8. The average Bonchev–Trinajstić information content (AvgIpc) is 2.16. The van der Waals surface area contributed by atoms with Gasteiger partial charge in [0.2, 0.25) is 0 Å². The molecule has 0 saturated heterocycles. The Morgan fingerprint density at radius 3 is 2.38 bits per heavy atom. The van der Waals surface area contributed by atoms with Crippen molar-refractivity contribution in [3.63, 3.8) is 0 Å². The number of hydrogen-bond acceptors (Lipinski definition) is 2. The molecule has 0 amide bonds. The van der Waals surface area contributed by atoms with Gasteiger partial charge in [-0.3, -0.25) is 0 Å². The summed E-state index contributed by atoms with van der Waals surface area (Å²) in [6.07, 6.45) is 1.04. The molecule has 0 aliphatic heterocycles. The Hall–Kier alpha value is -1.02. The lowest BCUT2D eigenvalue weighted by molar-refractivity contribution is 0.291. The Labute approximate surface area is 99.0 Å². The van der Waals surface area contributed by atoms with Crippen LogP contribution in [0, 0.1) is 13.8 Å². The van der Waals surface area contributed by atoms with Gasteiger partial charge in [0.15, 0.2) is 0 Å². The fourth-order valence-electron chi connectivity index (χ4n) is 1.82. The molecule has 2 heteroatoms. The van der Waals surface area contributed by atoms with Gasteiger partial charge >= 0.3 is 0 Å². The van der Waals surface area contributed by atoms with Gasteiger partial charge in [-0.15, -0.1) is 0 Å². The monoisotopic (exact) mass is 221 g/mol. The maximum absolute atomic E-state index is 5.74. The Morgan fingerprint density at radius 2 is 1.81 bits per heavy atom. The summed E-state index contributed by atoms with van der Waals surface area (Å²) < 4.78 is 5.74. The SMILES string of the molecule is CCNC(C)CCOc1cc(C)cc(C)c1. The largest absolute Gasteiger partial charge is 0.494 e. The Morgan fingerprint density at radius 1 is 1.19 bits per heavy atom. The highest BCUT2D eigenvalue weighted by atomic mass is 16.5. The van der Waals surface area contributed by atoms with Crippen LogP contribution in [0.15, 0.2) is 18.2 Å². The standard InChI is InChI=1S/C14H23NO/c1-5-15-13(4)6-7-16-14-9-11(2)8-12(3)10-14/h8-10,13,15H,5-7H2,1-4H3. The van der Waals surface area contributed by atoms with E-state index in [4.69, 9.17) is 4.74 Å². The molecule has 2 nitrogen and oxygen atoms in total. The number of aryl methyl sites for hydroxylation is 2. The van der Waals surface area contributed by atoms with Crippen LogP contribution in [0.1, 0.15) is 31.4 Å². The van der Waals surface area contributed by atoms with Gasteiger partial charge in [0.25, 0.3) is 0 Å². The van der Waals surface area contributed by atoms with Gasteiger partial charge in [-0.25, -0.2) is 0 Å². The third-order valence-corrected chi connectivity index (χ3v) is 2.57. The summed E-state index contributed by atoms with van der Waals surface area (Å²) in [6.45, 7) is 10.3. The summed E-state index contributed by atoms with van der Waals surface area (Å²) in [6, 6.07) is 6.86. The molecule has 16 heavy (non-hydrogen) atoms. The van der Waals surface area contributed by atoms with Crippen LogP contribution in [0.2, 0.25) is 0 Å². The lowest BCUT2D eigenvalue weighted by Gasteiger charge is -2.13. The molecule has 0 heterocycles. The van der Waals surface area contributed by atoms with E-state index in [0.717, 1.165) is 25.3 Å². The Kier molecular flexibility index (Phi) is 5.33. The molecule has 1 rings (SSSR count). The summed E-state index contributed by atoms with van der Waals surface area (Å²) in [5.74, 6) is 0.987. The van der Waals surface area contributed by atoms with Gasteiger partial charge < -0.3 is 10.1 Å². The highest BCUT2D eigenvalue weighted by molar-refractivity contribution is 5.32. The molecule has 1 unspecified atom stereocenters. The van der Waals surface area contributed by atoms with E-state index in [1.165, 1.54) is 11.1 Å². The summed E-state index contributed by atoms with van der Waals surface area (Å²) in [5.41, 5.74) is 2.52. The van der Waals surface area contributed by atoms with E-state index in [1.54, 1.807) is 0 Å². The van der Waals surface area contributed by atoms with Crippen LogP contribution < -0.4 is 10.1 Å². The van der Waals surface area contributed by atoms with Crippen LogP contribution in [0.4, 0.5) is 0 Å². The molecule has 0 radical (unpaired) electrons. The zero-order chi connectivity index (χ0) is 12.0. The first-order chi connectivity index (χ1) is 7.61. The summed E-state index contributed by atoms with van der Waals surface area (Å²) in [4.78, 5) is 0. The second-order valence-corrected chi connectivity index (χ2v) is 4.42. The highest BCUT2D eigenvalue weighted by Crippen LogP contribution is 2.16. The molecule has 0 aliphatic rings. The van der Waals surface area contributed by atoms with E-state index in [0.29, 0.717) is 6.04 Å². The van der Waals surface area contributed by atoms with Crippen LogP contribution in [0.5, 0.6) is 5.75 Å². The predicted octanol–water partition coefficient (Wildman–Crippen LogP) is 3.07. The minimum absolute atomic E-state index is 0.524. The van der Waals surface area contributed by atoms with Crippen molar-refractivity contribution >= 4 is 0 Å². The fourth-order valence-corrected chi connectivity index (χ4v) is 1.82. The van der Waals surface area contributed by atoms with Crippen molar-refractivity contribution in [1.82, 2.24) is 5.32 Å². The van der Waals surface area contributed by atoms with Crippen LogP contribution >= 0.6 is 0 Å². The predicted molar refractivity (Wildman–Crippen MR) is 69.2 cm³/mol. The number of rotatable bonds is 6. The topological polar surface area (TPSA) is 21.3 Å².